The second-order valence-electron chi connectivity index (χ2n) is 4.11. The van der Waals surface area contributed by atoms with Crippen LogP contribution >= 0.6 is 0 Å². The number of nitrogens with zero attached hydrogens (tertiary/aromatic N) is 1. The van der Waals surface area contributed by atoms with Crippen LogP contribution in [0, 0.1) is 11.3 Å². The molecule has 0 heterocycles. The third-order valence-corrected chi connectivity index (χ3v) is 2.37. The van der Waals surface area contributed by atoms with Crippen LogP contribution in [-0.4, -0.2) is 30.8 Å². The topological polar surface area (TPSA) is 94.4 Å². The van der Waals surface area contributed by atoms with Crippen LogP contribution in [0.5, 0.6) is 5.75 Å². The monoisotopic (exact) mass is 275 g/mol. The van der Waals surface area contributed by atoms with E-state index in [2.05, 4.69) is 10.6 Å². The number of methoxy groups -OCH3 is 1. The predicted octanol–water partition coefficient (Wildman–Crippen LogP) is 1.01. The Bertz CT molecular complexity index is 515. The zero-order valence-electron chi connectivity index (χ0n) is 11.4. The van der Waals surface area contributed by atoms with Gasteiger partial charge in [0.15, 0.2) is 0 Å². The SMILES string of the molecule is COc1ccc(NC(=O)/C(C#N)=C\NCC(C)O)cc1. The maximum absolute atomic E-state index is 11.8. The molecule has 0 saturated heterocycles. The summed E-state index contributed by atoms with van der Waals surface area (Å²) >= 11 is 0. The van der Waals surface area contributed by atoms with Gasteiger partial charge in [-0.05, 0) is 31.2 Å². The Hall–Kier alpha value is -2.52. The van der Waals surface area contributed by atoms with E-state index in [0.717, 1.165) is 0 Å². The van der Waals surface area contributed by atoms with Gasteiger partial charge in [-0.25, -0.2) is 0 Å². The maximum Gasteiger partial charge on any atom is 0.267 e. The van der Waals surface area contributed by atoms with Crippen LogP contribution in [0.3, 0.4) is 0 Å². The molecule has 1 aromatic carbocycles. The summed E-state index contributed by atoms with van der Waals surface area (Å²) in [6.07, 6.45) is 0.724. The van der Waals surface area contributed by atoms with E-state index < -0.39 is 12.0 Å². The fourth-order valence-corrected chi connectivity index (χ4v) is 1.35. The van der Waals surface area contributed by atoms with Crippen LogP contribution in [0.1, 0.15) is 6.92 Å². The van der Waals surface area contributed by atoms with Gasteiger partial charge in [-0.3, -0.25) is 4.79 Å². The summed E-state index contributed by atoms with van der Waals surface area (Å²) in [6, 6.07) is 8.56. The number of ether oxygens (including phenoxy) is 1. The van der Waals surface area contributed by atoms with E-state index in [0.29, 0.717) is 11.4 Å². The van der Waals surface area contributed by atoms with Crippen molar-refractivity contribution in [2.24, 2.45) is 0 Å². The van der Waals surface area contributed by atoms with Crippen LogP contribution in [0.2, 0.25) is 0 Å². The van der Waals surface area contributed by atoms with Gasteiger partial charge in [-0.15, -0.1) is 0 Å². The quantitative estimate of drug-likeness (QED) is 0.532. The molecular formula is C14H17N3O3. The lowest BCUT2D eigenvalue weighted by Gasteiger charge is -2.07. The van der Waals surface area contributed by atoms with Gasteiger partial charge in [0.25, 0.3) is 5.91 Å². The summed E-state index contributed by atoms with van der Waals surface area (Å²) in [5, 5.41) is 23.3. The van der Waals surface area contributed by atoms with Crippen molar-refractivity contribution in [3.8, 4) is 11.8 Å². The summed E-state index contributed by atoms with van der Waals surface area (Å²) in [5.41, 5.74) is 0.494. The lowest BCUT2D eigenvalue weighted by Crippen LogP contribution is -2.22. The lowest BCUT2D eigenvalue weighted by molar-refractivity contribution is -0.112. The molecule has 0 radical (unpaired) electrons. The van der Waals surface area contributed by atoms with Crippen LogP contribution in [0.15, 0.2) is 36.0 Å². The highest BCUT2D eigenvalue weighted by atomic mass is 16.5. The average molecular weight is 275 g/mol. The fraction of sp³-hybridized carbons (Fsp3) is 0.286. The largest absolute Gasteiger partial charge is 0.497 e. The molecule has 20 heavy (non-hydrogen) atoms. The van der Waals surface area contributed by atoms with E-state index in [4.69, 9.17) is 15.1 Å². The normalized spacial score (nSPS) is 12.2. The first-order valence-electron chi connectivity index (χ1n) is 6.04. The van der Waals surface area contributed by atoms with Crippen LogP contribution in [0.25, 0.3) is 0 Å². The Labute approximate surface area is 117 Å². The van der Waals surface area contributed by atoms with Gasteiger partial charge in [-0.1, -0.05) is 0 Å². The minimum Gasteiger partial charge on any atom is -0.497 e. The number of rotatable bonds is 6. The van der Waals surface area contributed by atoms with Gasteiger partial charge in [0.2, 0.25) is 0 Å². The zero-order valence-corrected chi connectivity index (χ0v) is 11.4. The van der Waals surface area contributed by atoms with E-state index in [1.807, 2.05) is 0 Å². The third-order valence-electron chi connectivity index (χ3n) is 2.37. The smallest absolute Gasteiger partial charge is 0.267 e. The summed E-state index contributed by atoms with van der Waals surface area (Å²) in [6.45, 7) is 1.87. The second kappa shape index (κ2) is 7.81. The molecular weight excluding hydrogens is 258 g/mol. The number of nitriles is 1. The Kier molecular flexibility index (Phi) is 6.07. The summed E-state index contributed by atoms with van der Waals surface area (Å²) in [7, 11) is 1.55. The average Bonchev–Trinajstić information content (AvgIpc) is 2.44. The van der Waals surface area contributed by atoms with Crippen molar-refractivity contribution in [3.05, 3.63) is 36.0 Å². The highest BCUT2D eigenvalue weighted by Gasteiger charge is 2.09. The third kappa shape index (κ3) is 5.00. The molecule has 106 valence electrons. The Balaban J connectivity index is 2.65. The number of carbonyl (C=O) groups is 1. The van der Waals surface area contributed by atoms with Crippen molar-refractivity contribution in [1.29, 1.82) is 5.26 Å². The highest BCUT2D eigenvalue weighted by molar-refractivity contribution is 6.06. The molecule has 6 nitrogen and oxygen atoms in total. The second-order valence-corrected chi connectivity index (χ2v) is 4.11. The van der Waals surface area contributed by atoms with Crippen molar-refractivity contribution >= 4 is 11.6 Å². The number of amides is 1. The van der Waals surface area contributed by atoms with Gasteiger partial charge in [-0.2, -0.15) is 5.26 Å². The molecule has 0 bridgehead atoms. The fourth-order valence-electron chi connectivity index (χ4n) is 1.35. The number of hydrogen-bond donors (Lipinski definition) is 3. The van der Waals surface area contributed by atoms with Crippen molar-refractivity contribution in [2.45, 2.75) is 13.0 Å². The molecule has 0 aliphatic rings. The Morgan fingerprint density at radius 1 is 1.50 bits per heavy atom. The molecule has 1 atom stereocenters. The molecule has 1 unspecified atom stereocenters. The number of nitrogens with one attached hydrogen (secondary N) is 2. The minimum atomic E-state index is -0.559. The molecule has 0 aromatic heterocycles. The number of aliphatic hydroxyl groups excluding tert-OH is 1. The summed E-state index contributed by atoms with van der Waals surface area (Å²) in [4.78, 5) is 11.8. The first-order valence-corrected chi connectivity index (χ1v) is 6.04. The molecule has 0 fully saturated rings. The summed E-state index contributed by atoms with van der Waals surface area (Å²) in [5.74, 6) is 0.161. The molecule has 1 rings (SSSR count). The molecule has 3 N–H and O–H groups in total. The molecule has 0 aliphatic heterocycles. The van der Waals surface area contributed by atoms with Gasteiger partial charge >= 0.3 is 0 Å². The van der Waals surface area contributed by atoms with Gasteiger partial charge in [0, 0.05) is 18.4 Å². The Morgan fingerprint density at radius 2 is 2.15 bits per heavy atom. The van der Waals surface area contributed by atoms with Crippen molar-refractivity contribution in [3.63, 3.8) is 0 Å². The number of hydrogen-bond acceptors (Lipinski definition) is 5. The number of benzene rings is 1. The van der Waals surface area contributed by atoms with Gasteiger partial charge < -0.3 is 20.5 Å². The minimum absolute atomic E-state index is 0.0681. The van der Waals surface area contributed by atoms with E-state index >= 15 is 0 Å². The molecule has 1 aromatic rings. The Morgan fingerprint density at radius 3 is 2.65 bits per heavy atom. The molecule has 1 amide bonds. The summed E-state index contributed by atoms with van der Waals surface area (Å²) < 4.78 is 5.01. The number of aliphatic hydroxyl groups is 1. The van der Waals surface area contributed by atoms with Gasteiger partial charge in [0.05, 0.1) is 13.2 Å². The van der Waals surface area contributed by atoms with Crippen LogP contribution in [-0.2, 0) is 4.79 Å². The molecule has 0 saturated carbocycles. The number of carbonyl (C=O) groups excluding carboxylic acids is 1. The zero-order chi connectivity index (χ0) is 15.0. The van der Waals surface area contributed by atoms with E-state index in [1.165, 1.54) is 6.20 Å². The van der Waals surface area contributed by atoms with Crippen molar-refractivity contribution in [1.82, 2.24) is 5.32 Å². The van der Waals surface area contributed by atoms with Crippen LogP contribution in [0.4, 0.5) is 5.69 Å². The van der Waals surface area contributed by atoms with Crippen molar-refractivity contribution < 1.29 is 14.6 Å². The maximum atomic E-state index is 11.8. The first kappa shape index (κ1) is 15.5. The van der Waals surface area contributed by atoms with Gasteiger partial charge in [0.1, 0.15) is 17.4 Å². The van der Waals surface area contributed by atoms with E-state index in [1.54, 1.807) is 44.4 Å². The lowest BCUT2D eigenvalue weighted by atomic mass is 10.2. The molecule has 0 spiro atoms. The van der Waals surface area contributed by atoms with E-state index in [9.17, 15) is 4.79 Å². The standard InChI is InChI=1S/C14H17N3O3/c1-10(18)8-16-9-11(7-15)14(19)17-12-3-5-13(20-2)6-4-12/h3-6,9-10,16,18H,8H2,1-2H3,(H,17,19)/b11-9-. The van der Waals surface area contributed by atoms with Crippen molar-refractivity contribution in [2.75, 3.05) is 19.0 Å². The predicted molar refractivity (Wildman–Crippen MR) is 75.0 cm³/mol. The molecule has 0 aliphatic carbocycles. The number of anilines is 1. The first-order chi connectivity index (χ1) is 9.56. The van der Waals surface area contributed by atoms with Crippen LogP contribution < -0.4 is 15.4 Å². The molecule has 6 heteroatoms. The van der Waals surface area contributed by atoms with E-state index in [-0.39, 0.29) is 12.1 Å². The highest BCUT2D eigenvalue weighted by Crippen LogP contribution is 2.15.